The van der Waals surface area contributed by atoms with Crippen molar-refractivity contribution in [2.45, 2.75) is 51.7 Å². The van der Waals surface area contributed by atoms with Crippen LogP contribution in [0.2, 0.25) is 0 Å². The molecule has 0 saturated heterocycles. The third-order valence-corrected chi connectivity index (χ3v) is 4.29. The number of hydrogen-bond acceptors (Lipinski definition) is 3. The molecule has 1 aromatic rings. The number of benzene rings is 1. The molecule has 3 heteroatoms. The summed E-state index contributed by atoms with van der Waals surface area (Å²) in [5.41, 5.74) is 0. The van der Waals surface area contributed by atoms with E-state index in [0.29, 0.717) is 6.04 Å². The molecule has 3 atom stereocenters. The van der Waals surface area contributed by atoms with Gasteiger partial charge in [0, 0.05) is 6.04 Å². The van der Waals surface area contributed by atoms with Gasteiger partial charge in [-0.1, -0.05) is 20.3 Å². The molecule has 1 saturated carbocycles. The minimum absolute atomic E-state index is 0.280. The first kappa shape index (κ1) is 15.2. The molecule has 0 aromatic heterocycles. The highest BCUT2D eigenvalue weighted by molar-refractivity contribution is 5.31. The van der Waals surface area contributed by atoms with Gasteiger partial charge in [-0.3, -0.25) is 0 Å². The molecule has 3 nitrogen and oxygen atoms in total. The molecular formula is C17H27NO2. The van der Waals surface area contributed by atoms with E-state index in [1.807, 2.05) is 24.3 Å². The molecule has 0 heterocycles. The van der Waals surface area contributed by atoms with E-state index in [-0.39, 0.29) is 6.10 Å². The fourth-order valence-corrected chi connectivity index (χ4v) is 3.04. The molecule has 1 fully saturated rings. The zero-order valence-electron chi connectivity index (χ0n) is 12.9. The van der Waals surface area contributed by atoms with Gasteiger partial charge in [0.15, 0.2) is 0 Å². The predicted molar refractivity (Wildman–Crippen MR) is 82.5 cm³/mol. The van der Waals surface area contributed by atoms with Crippen molar-refractivity contribution in [2.24, 2.45) is 5.92 Å². The van der Waals surface area contributed by atoms with E-state index < -0.39 is 0 Å². The molecule has 0 aliphatic heterocycles. The second-order valence-corrected chi connectivity index (χ2v) is 5.58. The quantitative estimate of drug-likeness (QED) is 0.861. The van der Waals surface area contributed by atoms with E-state index in [1.54, 1.807) is 7.11 Å². The molecule has 0 bridgehead atoms. The van der Waals surface area contributed by atoms with E-state index >= 15 is 0 Å². The molecular weight excluding hydrogens is 250 g/mol. The van der Waals surface area contributed by atoms with Gasteiger partial charge in [0.25, 0.3) is 0 Å². The maximum Gasteiger partial charge on any atom is 0.120 e. The summed E-state index contributed by atoms with van der Waals surface area (Å²) < 4.78 is 11.4. The number of likely N-dealkylation sites (N-methyl/N-ethyl adjacent to an activating group) is 1. The Morgan fingerprint density at radius 1 is 1.10 bits per heavy atom. The van der Waals surface area contributed by atoms with Gasteiger partial charge in [-0.15, -0.1) is 0 Å². The summed E-state index contributed by atoms with van der Waals surface area (Å²) in [5.74, 6) is 2.61. The maximum absolute atomic E-state index is 6.23. The van der Waals surface area contributed by atoms with Crippen LogP contribution in [0.15, 0.2) is 24.3 Å². The average molecular weight is 277 g/mol. The Morgan fingerprint density at radius 2 is 1.80 bits per heavy atom. The highest BCUT2D eigenvalue weighted by atomic mass is 16.5. The smallest absolute Gasteiger partial charge is 0.120 e. The molecule has 1 N–H and O–H groups in total. The van der Waals surface area contributed by atoms with Gasteiger partial charge in [-0.25, -0.2) is 0 Å². The van der Waals surface area contributed by atoms with Crippen LogP contribution in [0.1, 0.15) is 39.5 Å². The summed E-state index contributed by atoms with van der Waals surface area (Å²) in [6.45, 7) is 5.45. The van der Waals surface area contributed by atoms with Gasteiger partial charge < -0.3 is 14.8 Å². The van der Waals surface area contributed by atoms with Crippen LogP contribution in [0.3, 0.4) is 0 Å². The summed E-state index contributed by atoms with van der Waals surface area (Å²) in [6.07, 6.45) is 5.22. The molecule has 1 aliphatic rings. The molecule has 0 amide bonds. The van der Waals surface area contributed by atoms with Crippen molar-refractivity contribution < 1.29 is 9.47 Å². The van der Waals surface area contributed by atoms with E-state index in [1.165, 1.54) is 19.3 Å². The van der Waals surface area contributed by atoms with Crippen molar-refractivity contribution in [3.8, 4) is 11.5 Å². The summed E-state index contributed by atoms with van der Waals surface area (Å²) in [6, 6.07) is 8.38. The SMILES string of the molecule is CCNC1CCC(CC)CC1Oc1ccc(OC)cc1. The lowest BCUT2D eigenvalue weighted by Gasteiger charge is -2.36. The van der Waals surface area contributed by atoms with Crippen LogP contribution in [-0.4, -0.2) is 25.8 Å². The zero-order chi connectivity index (χ0) is 14.4. The fraction of sp³-hybridized carbons (Fsp3) is 0.647. The normalized spacial score (nSPS) is 26.2. The van der Waals surface area contributed by atoms with E-state index in [0.717, 1.165) is 30.4 Å². The Hall–Kier alpha value is -1.22. The van der Waals surface area contributed by atoms with Crippen LogP contribution in [0.4, 0.5) is 0 Å². The number of nitrogens with one attached hydrogen (secondary N) is 1. The third kappa shape index (κ3) is 3.89. The van der Waals surface area contributed by atoms with Crippen LogP contribution in [-0.2, 0) is 0 Å². The first-order valence-corrected chi connectivity index (χ1v) is 7.80. The van der Waals surface area contributed by atoms with Crippen molar-refractivity contribution in [1.29, 1.82) is 0 Å². The van der Waals surface area contributed by atoms with Crippen molar-refractivity contribution in [3.05, 3.63) is 24.3 Å². The van der Waals surface area contributed by atoms with Crippen LogP contribution in [0.25, 0.3) is 0 Å². The van der Waals surface area contributed by atoms with Crippen LogP contribution < -0.4 is 14.8 Å². The van der Waals surface area contributed by atoms with Crippen molar-refractivity contribution >= 4 is 0 Å². The molecule has 0 spiro atoms. The minimum Gasteiger partial charge on any atom is -0.497 e. The Morgan fingerprint density at radius 3 is 2.40 bits per heavy atom. The van der Waals surface area contributed by atoms with Crippen LogP contribution >= 0.6 is 0 Å². The number of methoxy groups -OCH3 is 1. The highest BCUT2D eigenvalue weighted by Crippen LogP contribution is 2.30. The Kier molecular flexibility index (Phi) is 5.72. The van der Waals surface area contributed by atoms with Crippen molar-refractivity contribution in [2.75, 3.05) is 13.7 Å². The maximum atomic E-state index is 6.23. The van der Waals surface area contributed by atoms with Gasteiger partial charge in [0.05, 0.1) is 7.11 Å². The number of hydrogen-bond donors (Lipinski definition) is 1. The van der Waals surface area contributed by atoms with Gasteiger partial charge in [-0.2, -0.15) is 0 Å². The number of ether oxygens (including phenoxy) is 2. The molecule has 0 radical (unpaired) electrons. The van der Waals surface area contributed by atoms with Gasteiger partial charge in [-0.05, 0) is 56.0 Å². The second kappa shape index (κ2) is 7.53. The van der Waals surface area contributed by atoms with E-state index in [2.05, 4.69) is 19.2 Å². The fourth-order valence-electron chi connectivity index (χ4n) is 3.04. The first-order valence-electron chi connectivity index (χ1n) is 7.80. The van der Waals surface area contributed by atoms with Crippen LogP contribution in [0.5, 0.6) is 11.5 Å². The van der Waals surface area contributed by atoms with Crippen molar-refractivity contribution in [3.63, 3.8) is 0 Å². The monoisotopic (exact) mass is 277 g/mol. The number of rotatable bonds is 6. The lowest BCUT2D eigenvalue weighted by Crippen LogP contribution is -2.47. The Labute approximate surface area is 122 Å². The van der Waals surface area contributed by atoms with E-state index in [4.69, 9.17) is 9.47 Å². The molecule has 112 valence electrons. The standard InChI is InChI=1S/C17H27NO2/c1-4-13-6-11-16(18-5-2)17(12-13)20-15-9-7-14(19-3)8-10-15/h7-10,13,16-18H,4-6,11-12H2,1-3H3. The molecule has 3 unspecified atom stereocenters. The topological polar surface area (TPSA) is 30.5 Å². The summed E-state index contributed by atoms with van der Waals surface area (Å²) in [7, 11) is 1.68. The second-order valence-electron chi connectivity index (χ2n) is 5.58. The summed E-state index contributed by atoms with van der Waals surface area (Å²) >= 11 is 0. The van der Waals surface area contributed by atoms with Crippen LogP contribution in [0, 0.1) is 5.92 Å². The van der Waals surface area contributed by atoms with Gasteiger partial charge >= 0.3 is 0 Å². The Balaban J connectivity index is 2.01. The summed E-state index contributed by atoms with van der Waals surface area (Å²) in [4.78, 5) is 0. The van der Waals surface area contributed by atoms with E-state index in [9.17, 15) is 0 Å². The predicted octanol–water partition coefficient (Wildman–Crippen LogP) is 3.63. The lowest BCUT2D eigenvalue weighted by molar-refractivity contribution is 0.0856. The van der Waals surface area contributed by atoms with Gasteiger partial charge in [0.1, 0.15) is 17.6 Å². The average Bonchev–Trinajstić information content (AvgIpc) is 2.50. The third-order valence-electron chi connectivity index (χ3n) is 4.29. The molecule has 20 heavy (non-hydrogen) atoms. The molecule has 1 aliphatic carbocycles. The highest BCUT2D eigenvalue weighted by Gasteiger charge is 2.30. The molecule has 2 rings (SSSR count). The zero-order valence-corrected chi connectivity index (χ0v) is 12.9. The first-order chi connectivity index (χ1) is 9.76. The molecule has 1 aromatic carbocycles. The summed E-state index contributed by atoms with van der Waals surface area (Å²) in [5, 5.41) is 3.57. The largest absolute Gasteiger partial charge is 0.497 e. The van der Waals surface area contributed by atoms with Crippen molar-refractivity contribution in [1.82, 2.24) is 5.32 Å². The lowest BCUT2D eigenvalue weighted by atomic mass is 9.82. The van der Waals surface area contributed by atoms with Gasteiger partial charge in [0.2, 0.25) is 0 Å². The Bertz CT molecular complexity index is 390. The minimum atomic E-state index is 0.280.